The van der Waals surface area contributed by atoms with E-state index in [2.05, 4.69) is 4.98 Å². The van der Waals surface area contributed by atoms with Crippen LogP contribution in [0.2, 0.25) is 0 Å². The molecule has 7 heteroatoms. The number of nitrogens with zero attached hydrogens (tertiary/aromatic N) is 3. The molecule has 2 rings (SSSR count). The van der Waals surface area contributed by atoms with Gasteiger partial charge >= 0.3 is 5.69 Å². The summed E-state index contributed by atoms with van der Waals surface area (Å²) in [6.45, 7) is 0. The van der Waals surface area contributed by atoms with Crippen molar-refractivity contribution in [3.05, 3.63) is 52.2 Å². The molecule has 0 atom stereocenters. The van der Waals surface area contributed by atoms with Crippen LogP contribution >= 0.6 is 0 Å². The van der Waals surface area contributed by atoms with Gasteiger partial charge in [-0.25, -0.2) is 4.98 Å². The highest BCUT2D eigenvalue weighted by Crippen LogP contribution is 2.34. The third kappa shape index (κ3) is 2.64. The van der Waals surface area contributed by atoms with Crippen LogP contribution in [0.1, 0.15) is 5.56 Å². The fourth-order valence-corrected chi connectivity index (χ4v) is 1.51. The van der Waals surface area contributed by atoms with Crippen LogP contribution in [0.5, 0.6) is 17.4 Å². The van der Waals surface area contributed by atoms with Crippen LogP contribution in [0.25, 0.3) is 0 Å². The molecule has 0 N–H and O–H groups in total. The summed E-state index contributed by atoms with van der Waals surface area (Å²) in [5.41, 5.74) is -0.0727. The Labute approximate surface area is 114 Å². The lowest BCUT2D eigenvalue weighted by molar-refractivity contribution is -0.385. The van der Waals surface area contributed by atoms with Gasteiger partial charge in [-0.2, -0.15) is 5.26 Å². The van der Waals surface area contributed by atoms with Crippen molar-refractivity contribution >= 4 is 5.69 Å². The second-order valence-corrected chi connectivity index (χ2v) is 3.66. The Balaban J connectivity index is 2.43. The lowest BCUT2D eigenvalue weighted by atomic mass is 10.2. The smallest absolute Gasteiger partial charge is 0.315 e. The largest absolute Gasteiger partial charge is 0.496 e. The molecule has 0 bridgehead atoms. The molecule has 7 nitrogen and oxygen atoms in total. The first-order valence-electron chi connectivity index (χ1n) is 5.51. The minimum Gasteiger partial charge on any atom is -0.496 e. The standard InChI is InChI=1S/C13H9N3O4/c1-19-10-4-5-12(11(7-10)16(17)18)20-13-9(8-14)3-2-6-15-13/h2-7H,1H3. The molecular formula is C13H9N3O4. The summed E-state index contributed by atoms with van der Waals surface area (Å²) in [6, 6.07) is 9.15. The van der Waals surface area contributed by atoms with E-state index in [4.69, 9.17) is 14.7 Å². The first-order valence-corrected chi connectivity index (χ1v) is 5.51. The summed E-state index contributed by atoms with van der Waals surface area (Å²) in [7, 11) is 1.41. The van der Waals surface area contributed by atoms with Crippen LogP contribution in [0.3, 0.4) is 0 Å². The Morgan fingerprint density at radius 1 is 1.40 bits per heavy atom. The Kier molecular flexibility index (Phi) is 3.77. The number of aromatic nitrogens is 1. The number of hydrogen-bond acceptors (Lipinski definition) is 6. The van der Waals surface area contributed by atoms with Crippen molar-refractivity contribution in [1.82, 2.24) is 4.98 Å². The molecule has 0 aliphatic heterocycles. The summed E-state index contributed by atoms with van der Waals surface area (Å²) in [5.74, 6) is 0.347. The molecule has 0 unspecified atom stereocenters. The zero-order chi connectivity index (χ0) is 14.5. The molecule has 0 aliphatic carbocycles. The van der Waals surface area contributed by atoms with Crippen molar-refractivity contribution in [2.75, 3.05) is 7.11 Å². The van der Waals surface area contributed by atoms with Crippen molar-refractivity contribution in [3.8, 4) is 23.4 Å². The molecule has 0 saturated heterocycles. The normalized spacial score (nSPS) is 9.60. The molecule has 1 aromatic heterocycles. The third-order valence-electron chi connectivity index (χ3n) is 2.46. The lowest BCUT2D eigenvalue weighted by Crippen LogP contribution is -1.97. The molecule has 0 saturated carbocycles. The molecule has 0 amide bonds. The zero-order valence-corrected chi connectivity index (χ0v) is 10.4. The zero-order valence-electron chi connectivity index (χ0n) is 10.4. The van der Waals surface area contributed by atoms with Gasteiger partial charge in [0.2, 0.25) is 11.6 Å². The molecule has 0 aliphatic rings. The van der Waals surface area contributed by atoms with Crippen LogP contribution in [-0.2, 0) is 0 Å². The number of benzene rings is 1. The van der Waals surface area contributed by atoms with Gasteiger partial charge in [-0.3, -0.25) is 10.1 Å². The second-order valence-electron chi connectivity index (χ2n) is 3.66. The molecule has 1 aromatic carbocycles. The van der Waals surface area contributed by atoms with Gasteiger partial charge in [-0.15, -0.1) is 0 Å². The van der Waals surface area contributed by atoms with Gasteiger partial charge in [-0.1, -0.05) is 0 Å². The van der Waals surface area contributed by atoms with Crippen molar-refractivity contribution in [2.45, 2.75) is 0 Å². The molecule has 20 heavy (non-hydrogen) atoms. The number of methoxy groups -OCH3 is 1. The van der Waals surface area contributed by atoms with E-state index in [1.54, 1.807) is 6.07 Å². The van der Waals surface area contributed by atoms with Crippen LogP contribution in [0.15, 0.2) is 36.5 Å². The second kappa shape index (κ2) is 5.67. The van der Waals surface area contributed by atoms with E-state index in [1.807, 2.05) is 6.07 Å². The fraction of sp³-hybridized carbons (Fsp3) is 0.0769. The molecule has 0 spiro atoms. The summed E-state index contributed by atoms with van der Waals surface area (Å²) >= 11 is 0. The Morgan fingerprint density at radius 3 is 2.85 bits per heavy atom. The minimum atomic E-state index is -0.590. The molecule has 100 valence electrons. The number of ether oxygens (including phenoxy) is 2. The van der Waals surface area contributed by atoms with Crippen molar-refractivity contribution < 1.29 is 14.4 Å². The van der Waals surface area contributed by atoms with Gasteiger partial charge in [0.15, 0.2) is 0 Å². The number of nitro groups is 1. The van der Waals surface area contributed by atoms with E-state index in [9.17, 15) is 10.1 Å². The third-order valence-corrected chi connectivity index (χ3v) is 2.46. The van der Waals surface area contributed by atoms with Gasteiger partial charge in [-0.05, 0) is 24.3 Å². The quantitative estimate of drug-likeness (QED) is 0.626. The van der Waals surface area contributed by atoms with Crippen molar-refractivity contribution in [3.63, 3.8) is 0 Å². The van der Waals surface area contributed by atoms with E-state index in [-0.39, 0.29) is 22.9 Å². The van der Waals surface area contributed by atoms with Gasteiger partial charge < -0.3 is 9.47 Å². The van der Waals surface area contributed by atoms with Crippen LogP contribution in [-0.4, -0.2) is 17.0 Å². The van der Waals surface area contributed by atoms with E-state index in [0.29, 0.717) is 5.75 Å². The average Bonchev–Trinajstić information content (AvgIpc) is 2.48. The maximum atomic E-state index is 11.0. The van der Waals surface area contributed by atoms with Crippen molar-refractivity contribution in [1.29, 1.82) is 5.26 Å². The van der Waals surface area contributed by atoms with Crippen LogP contribution < -0.4 is 9.47 Å². The number of rotatable bonds is 4. The highest BCUT2D eigenvalue weighted by atomic mass is 16.6. The number of pyridine rings is 1. The van der Waals surface area contributed by atoms with Crippen molar-refractivity contribution in [2.24, 2.45) is 0 Å². The van der Waals surface area contributed by atoms with E-state index < -0.39 is 4.92 Å². The van der Waals surface area contributed by atoms with Gasteiger partial charge in [0, 0.05) is 6.20 Å². The SMILES string of the molecule is COc1ccc(Oc2ncccc2C#N)c([N+](=O)[O-])c1. The Hall–Kier alpha value is -3.14. The van der Waals surface area contributed by atoms with E-state index >= 15 is 0 Å². The number of hydrogen-bond donors (Lipinski definition) is 0. The summed E-state index contributed by atoms with van der Waals surface area (Å²) in [6.07, 6.45) is 1.44. The maximum absolute atomic E-state index is 11.0. The number of nitriles is 1. The first kappa shape index (κ1) is 13.3. The van der Waals surface area contributed by atoms with E-state index in [0.717, 1.165) is 0 Å². The van der Waals surface area contributed by atoms with E-state index in [1.165, 1.54) is 37.6 Å². The predicted octanol–water partition coefficient (Wildman–Crippen LogP) is 2.66. The average molecular weight is 271 g/mol. The van der Waals surface area contributed by atoms with Gasteiger partial charge in [0.05, 0.1) is 18.1 Å². The molecular weight excluding hydrogens is 262 g/mol. The summed E-state index contributed by atoms with van der Waals surface area (Å²) < 4.78 is 10.3. The lowest BCUT2D eigenvalue weighted by Gasteiger charge is -2.07. The monoisotopic (exact) mass is 271 g/mol. The molecule has 1 heterocycles. The Morgan fingerprint density at radius 2 is 2.20 bits per heavy atom. The van der Waals surface area contributed by atoms with Crippen LogP contribution in [0.4, 0.5) is 5.69 Å². The highest BCUT2D eigenvalue weighted by Gasteiger charge is 2.18. The molecule has 0 fully saturated rings. The first-order chi connectivity index (χ1) is 9.65. The van der Waals surface area contributed by atoms with Gasteiger partial charge in [0.25, 0.3) is 0 Å². The fourth-order valence-electron chi connectivity index (χ4n) is 1.51. The molecule has 2 aromatic rings. The summed E-state index contributed by atoms with van der Waals surface area (Å²) in [4.78, 5) is 14.3. The minimum absolute atomic E-state index is 0.00833. The van der Waals surface area contributed by atoms with Gasteiger partial charge in [0.1, 0.15) is 17.4 Å². The summed E-state index contributed by atoms with van der Waals surface area (Å²) in [5, 5.41) is 20.0. The van der Waals surface area contributed by atoms with Crippen LogP contribution in [0, 0.1) is 21.4 Å². The number of nitro benzene ring substituents is 1. The topological polar surface area (TPSA) is 98.3 Å². The maximum Gasteiger partial charge on any atom is 0.315 e. The predicted molar refractivity (Wildman–Crippen MR) is 68.7 cm³/mol. The Bertz CT molecular complexity index is 694. The highest BCUT2D eigenvalue weighted by molar-refractivity contribution is 5.53. The molecule has 0 radical (unpaired) electrons.